The van der Waals surface area contributed by atoms with Crippen LogP contribution in [0.15, 0.2) is 54.7 Å². The molecule has 0 radical (unpaired) electrons. The van der Waals surface area contributed by atoms with E-state index in [4.69, 9.17) is 0 Å². The number of ether oxygens (including phenoxy) is 1. The number of hydrogen-bond acceptors (Lipinski definition) is 3. The first-order valence-corrected chi connectivity index (χ1v) is 8.16. The van der Waals surface area contributed by atoms with Gasteiger partial charge in [0, 0.05) is 6.54 Å². The number of nitrogens with one attached hydrogen (secondary N) is 1. The van der Waals surface area contributed by atoms with Gasteiger partial charge in [0.25, 0.3) is 5.91 Å². The van der Waals surface area contributed by atoms with Gasteiger partial charge in [0.05, 0.1) is 23.1 Å². The number of halogens is 4. The minimum Gasteiger partial charge on any atom is -0.406 e. The number of benzene rings is 2. The van der Waals surface area contributed by atoms with Crippen molar-refractivity contribution in [3.63, 3.8) is 0 Å². The normalized spacial score (nSPS) is 11.3. The van der Waals surface area contributed by atoms with Gasteiger partial charge in [-0.15, -0.1) is 13.2 Å². The zero-order valence-electron chi connectivity index (χ0n) is 14.6. The van der Waals surface area contributed by atoms with Gasteiger partial charge >= 0.3 is 6.36 Å². The third-order valence-corrected chi connectivity index (χ3v) is 3.94. The first kappa shape index (κ1) is 19.4. The van der Waals surface area contributed by atoms with Crippen LogP contribution in [-0.4, -0.2) is 22.1 Å². The zero-order valence-corrected chi connectivity index (χ0v) is 14.6. The van der Waals surface area contributed by atoms with Crippen molar-refractivity contribution in [2.45, 2.75) is 19.8 Å². The Morgan fingerprint density at radius 3 is 2.36 bits per heavy atom. The van der Waals surface area contributed by atoms with E-state index in [0.29, 0.717) is 22.5 Å². The number of carbonyl (C=O) groups is 1. The molecule has 1 heterocycles. The molecule has 1 N–H and O–H groups in total. The third-order valence-electron chi connectivity index (χ3n) is 3.94. The molecule has 5 nitrogen and oxygen atoms in total. The Kier molecular flexibility index (Phi) is 5.34. The van der Waals surface area contributed by atoms with Crippen molar-refractivity contribution in [2.24, 2.45) is 0 Å². The molecule has 1 aromatic heterocycles. The predicted molar refractivity (Wildman–Crippen MR) is 92.6 cm³/mol. The number of amides is 1. The summed E-state index contributed by atoms with van der Waals surface area (Å²) in [5.41, 5.74) is 2.11. The molecule has 0 saturated carbocycles. The molecular weight excluding hydrogens is 378 g/mol. The lowest BCUT2D eigenvalue weighted by atomic mass is 10.2. The van der Waals surface area contributed by atoms with E-state index in [1.807, 2.05) is 0 Å². The zero-order chi connectivity index (χ0) is 20.3. The van der Waals surface area contributed by atoms with E-state index in [9.17, 15) is 22.4 Å². The van der Waals surface area contributed by atoms with Crippen LogP contribution >= 0.6 is 0 Å². The summed E-state index contributed by atoms with van der Waals surface area (Å²) in [5, 5.41) is 6.83. The molecule has 0 aliphatic heterocycles. The summed E-state index contributed by atoms with van der Waals surface area (Å²) >= 11 is 0. The number of aromatic nitrogens is 2. The van der Waals surface area contributed by atoms with Gasteiger partial charge in [0.2, 0.25) is 0 Å². The highest BCUT2D eigenvalue weighted by atomic mass is 19.4. The largest absolute Gasteiger partial charge is 0.573 e. The van der Waals surface area contributed by atoms with Crippen molar-refractivity contribution in [3.05, 3.63) is 77.4 Å². The smallest absolute Gasteiger partial charge is 0.406 e. The van der Waals surface area contributed by atoms with Gasteiger partial charge < -0.3 is 10.1 Å². The summed E-state index contributed by atoms with van der Waals surface area (Å²) in [6.45, 7) is 1.82. The molecule has 1 amide bonds. The molecule has 28 heavy (non-hydrogen) atoms. The van der Waals surface area contributed by atoms with Gasteiger partial charge in [0.15, 0.2) is 0 Å². The second-order valence-electron chi connectivity index (χ2n) is 5.91. The fourth-order valence-corrected chi connectivity index (χ4v) is 2.56. The van der Waals surface area contributed by atoms with Crippen LogP contribution in [0.5, 0.6) is 5.75 Å². The Balaban J connectivity index is 1.65. The average Bonchev–Trinajstić information content (AvgIpc) is 3.02. The topological polar surface area (TPSA) is 56.1 Å². The molecule has 0 aliphatic rings. The Bertz CT molecular complexity index is 964. The van der Waals surface area contributed by atoms with E-state index < -0.39 is 6.36 Å². The average molecular weight is 393 g/mol. The molecule has 2 aromatic carbocycles. The van der Waals surface area contributed by atoms with Crippen molar-refractivity contribution < 1.29 is 27.1 Å². The van der Waals surface area contributed by atoms with Crippen LogP contribution < -0.4 is 10.1 Å². The molecular formula is C19H15F4N3O2. The summed E-state index contributed by atoms with van der Waals surface area (Å²) in [6, 6.07) is 10.9. The molecule has 0 aliphatic carbocycles. The quantitative estimate of drug-likeness (QED) is 0.663. The Hall–Kier alpha value is -3.36. The number of alkyl halides is 3. The Morgan fingerprint density at radius 2 is 1.75 bits per heavy atom. The van der Waals surface area contributed by atoms with E-state index >= 15 is 0 Å². The van der Waals surface area contributed by atoms with Crippen LogP contribution in [0.1, 0.15) is 21.6 Å². The molecule has 146 valence electrons. The lowest BCUT2D eigenvalue weighted by molar-refractivity contribution is -0.274. The van der Waals surface area contributed by atoms with Gasteiger partial charge in [-0.25, -0.2) is 9.07 Å². The summed E-state index contributed by atoms with van der Waals surface area (Å²) in [5.74, 6) is -1.10. The van der Waals surface area contributed by atoms with Gasteiger partial charge in [-0.2, -0.15) is 5.10 Å². The summed E-state index contributed by atoms with van der Waals surface area (Å²) in [4.78, 5) is 12.4. The SMILES string of the molecule is Cc1c(C(=O)NCc2ccc(OC(F)(F)F)cc2)cnn1-c1ccc(F)cc1. The highest BCUT2D eigenvalue weighted by Gasteiger charge is 2.30. The maximum atomic E-state index is 13.0. The number of hydrogen-bond donors (Lipinski definition) is 1. The summed E-state index contributed by atoms with van der Waals surface area (Å²) in [6.07, 6.45) is -3.35. The standard InChI is InChI=1S/C19H15F4N3O2/c1-12-17(11-25-26(12)15-6-4-14(20)5-7-15)18(27)24-10-13-2-8-16(9-3-13)28-19(21,22)23/h2-9,11H,10H2,1H3,(H,24,27). The Labute approximate surface area is 157 Å². The van der Waals surface area contributed by atoms with Crippen molar-refractivity contribution in [1.82, 2.24) is 15.1 Å². The van der Waals surface area contributed by atoms with Gasteiger partial charge in [-0.1, -0.05) is 12.1 Å². The van der Waals surface area contributed by atoms with E-state index in [1.54, 1.807) is 19.1 Å². The molecule has 0 bridgehead atoms. The first-order chi connectivity index (χ1) is 13.2. The first-order valence-electron chi connectivity index (χ1n) is 8.16. The molecule has 9 heteroatoms. The van der Waals surface area contributed by atoms with Crippen LogP contribution in [0.4, 0.5) is 17.6 Å². The van der Waals surface area contributed by atoms with Crippen molar-refractivity contribution in [2.75, 3.05) is 0 Å². The molecule has 0 fully saturated rings. The van der Waals surface area contributed by atoms with Crippen LogP contribution in [-0.2, 0) is 6.54 Å². The number of rotatable bonds is 5. The predicted octanol–water partition coefficient (Wildman–Crippen LogP) is 4.15. The molecule has 0 unspecified atom stereocenters. The van der Waals surface area contributed by atoms with E-state index in [1.165, 1.54) is 47.3 Å². The van der Waals surface area contributed by atoms with Crippen LogP contribution in [0.25, 0.3) is 5.69 Å². The summed E-state index contributed by atoms with van der Waals surface area (Å²) in [7, 11) is 0. The maximum Gasteiger partial charge on any atom is 0.573 e. The number of carbonyl (C=O) groups excluding carboxylic acids is 1. The van der Waals surface area contributed by atoms with Crippen LogP contribution in [0.3, 0.4) is 0 Å². The minimum absolute atomic E-state index is 0.117. The minimum atomic E-state index is -4.75. The van der Waals surface area contributed by atoms with Crippen LogP contribution in [0, 0.1) is 12.7 Å². The fraction of sp³-hybridized carbons (Fsp3) is 0.158. The van der Waals surface area contributed by atoms with Crippen LogP contribution in [0.2, 0.25) is 0 Å². The highest BCUT2D eigenvalue weighted by Crippen LogP contribution is 2.22. The molecule has 0 atom stereocenters. The van der Waals surface area contributed by atoms with Gasteiger partial charge in [-0.05, 0) is 48.9 Å². The maximum absolute atomic E-state index is 13.0. The van der Waals surface area contributed by atoms with E-state index in [0.717, 1.165) is 0 Å². The van der Waals surface area contributed by atoms with Crippen molar-refractivity contribution in [1.29, 1.82) is 0 Å². The van der Waals surface area contributed by atoms with E-state index in [2.05, 4.69) is 15.2 Å². The lowest BCUT2D eigenvalue weighted by Gasteiger charge is -2.10. The fourth-order valence-electron chi connectivity index (χ4n) is 2.56. The Morgan fingerprint density at radius 1 is 1.11 bits per heavy atom. The van der Waals surface area contributed by atoms with Crippen molar-refractivity contribution in [3.8, 4) is 11.4 Å². The second kappa shape index (κ2) is 7.71. The number of nitrogens with zero attached hydrogens (tertiary/aromatic N) is 2. The molecule has 0 saturated heterocycles. The van der Waals surface area contributed by atoms with Gasteiger partial charge in [-0.3, -0.25) is 4.79 Å². The lowest BCUT2D eigenvalue weighted by Crippen LogP contribution is -2.23. The molecule has 3 aromatic rings. The summed E-state index contributed by atoms with van der Waals surface area (Å²) < 4.78 is 54.8. The monoisotopic (exact) mass is 393 g/mol. The molecule has 0 spiro atoms. The van der Waals surface area contributed by atoms with Crippen molar-refractivity contribution >= 4 is 5.91 Å². The molecule has 3 rings (SSSR count). The second-order valence-corrected chi connectivity index (χ2v) is 5.91. The highest BCUT2D eigenvalue weighted by molar-refractivity contribution is 5.95. The van der Waals surface area contributed by atoms with E-state index in [-0.39, 0.29) is 24.0 Å². The third kappa shape index (κ3) is 4.67. The van der Waals surface area contributed by atoms with Gasteiger partial charge in [0.1, 0.15) is 11.6 Å².